The third kappa shape index (κ3) is 6.74. The molecule has 2 atom stereocenters. The highest BCUT2D eigenvalue weighted by molar-refractivity contribution is 8.14. The molecule has 0 bridgehead atoms. The van der Waals surface area contributed by atoms with E-state index < -0.39 is 0 Å². The summed E-state index contributed by atoms with van der Waals surface area (Å²) in [6.07, 6.45) is 6.54. The number of hydrogen-bond acceptors (Lipinski definition) is 4. The number of aliphatic hydroxyl groups is 1. The van der Waals surface area contributed by atoms with E-state index in [-0.39, 0.29) is 22.3 Å². The average Bonchev–Trinajstić information content (AvgIpc) is 2.10. The van der Waals surface area contributed by atoms with Gasteiger partial charge in [-0.3, -0.25) is 0 Å². The highest BCUT2D eigenvalue weighted by Gasteiger charge is 2.21. The van der Waals surface area contributed by atoms with Crippen molar-refractivity contribution in [2.24, 2.45) is 0 Å². The maximum atomic E-state index is 11.6. The number of carbonyl (C=O) groups excluding carboxylic acids is 1. The average molecular weight is 258 g/mol. The molecule has 98 valence electrons. The first-order valence-corrected chi connectivity index (χ1v) is 6.93. The molecule has 0 spiro atoms. The molecule has 3 nitrogen and oxygen atoms in total. The Labute approximate surface area is 108 Å². The predicted molar refractivity (Wildman–Crippen MR) is 71.2 cm³/mol. The quantitative estimate of drug-likeness (QED) is 0.577. The van der Waals surface area contributed by atoms with E-state index in [4.69, 9.17) is 4.74 Å². The molecule has 17 heavy (non-hydrogen) atoms. The number of hydrogen-bond donors (Lipinski definition) is 1. The van der Waals surface area contributed by atoms with Crippen LogP contribution in [0.5, 0.6) is 0 Å². The van der Waals surface area contributed by atoms with Gasteiger partial charge in [-0.15, -0.1) is 0 Å². The van der Waals surface area contributed by atoms with E-state index in [0.717, 1.165) is 19.3 Å². The smallest absolute Gasteiger partial charge is 0.368 e. The van der Waals surface area contributed by atoms with Crippen molar-refractivity contribution in [1.29, 1.82) is 0 Å². The van der Waals surface area contributed by atoms with Gasteiger partial charge in [-0.2, -0.15) is 0 Å². The van der Waals surface area contributed by atoms with Gasteiger partial charge in [0.2, 0.25) is 0 Å². The van der Waals surface area contributed by atoms with Crippen LogP contribution in [0, 0.1) is 0 Å². The van der Waals surface area contributed by atoms with Crippen LogP contribution >= 0.6 is 11.8 Å². The van der Waals surface area contributed by atoms with E-state index in [1.807, 2.05) is 32.9 Å². The molecule has 0 aromatic rings. The third-order valence-corrected chi connectivity index (χ3v) is 3.30. The van der Waals surface area contributed by atoms with Crippen LogP contribution in [0.2, 0.25) is 0 Å². The van der Waals surface area contributed by atoms with Gasteiger partial charge in [-0.05, 0) is 43.5 Å². The Kier molecular flexibility index (Phi) is 5.53. The van der Waals surface area contributed by atoms with Gasteiger partial charge in [0, 0.05) is 4.75 Å². The summed E-state index contributed by atoms with van der Waals surface area (Å²) in [5, 5.41) is 9.26. The summed E-state index contributed by atoms with van der Waals surface area (Å²) in [6.45, 7) is 5.97. The summed E-state index contributed by atoms with van der Waals surface area (Å²) in [4.78, 5) is 11.6. The van der Waals surface area contributed by atoms with Gasteiger partial charge < -0.3 is 9.84 Å². The molecule has 0 amide bonds. The van der Waals surface area contributed by atoms with Crippen LogP contribution in [-0.4, -0.2) is 27.4 Å². The SMILES string of the molecule is CC(C)(C)SC(=O)OC1/C=C/CC(O)CCC1. The van der Waals surface area contributed by atoms with Crippen LogP contribution in [0.4, 0.5) is 4.79 Å². The molecule has 0 aliphatic heterocycles. The number of carbonyl (C=O) groups is 1. The lowest BCUT2D eigenvalue weighted by Crippen LogP contribution is -2.20. The number of aliphatic hydroxyl groups excluding tert-OH is 1. The Hall–Kier alpha value is -0.480. The monoisotopic (exact) mass is 258 g/mol. The summed E-state index contributed by atoms with van der Waals surface area (Å²) in [5.41, 5.74) is 0. The van der Waals surface area contributed by atoms with E-state index in [0.29, 0.717) is 6.42 Å². The van der Waals surface area contributed by atoms with Crippen LogP contribution in [0.3, 0.4) is 0 Å². The first-order valence-electron chi connectivity index (χ1n) is 6.11. The third-order valence-electron chi connectivity index (χ3n) is 2.42. The van der Waals surface area contributed by atoms with E-state index in [2.05, 4.69) is 0 Å². The maximum Gasteiger partial charge on any atom is 0.368 e. The second kappa shape index (κ2) is 6.45. The predicted octanol–water partition coefficient (Wildman–Crippen LogP) is 3.51. The summed E-state index contributed by atoms with van der Waals surface area (Å²) in [7, 11) is 0. The molecule has 0 saturated carbocycles. The second-order valence-electron chi connectivity index (χ2n) is 5.37. The topological polar surface area (TPSA) is 46.5 Å². The van der Waals surface area contributed by atoms with Crippen LogP contribution in [0.15, 0.2) is 12.2 Å². The Morgan fingerprint density at radius 3 is 2.76 bits per heavy atom. The molecule has 0 radical (unpaired) electrons. The molecule has 1 N–H and O–H groups in total. The Bertz CT molecular complexity index is 281. The molecule has 0 saturated heterocycles. The zero-order valence-electron chi connectivity index (χ0n) is 10.8. The van der Waals surface area contributed by atoms with Crippen molar-refractivity contribution in [2.45, 2.75) is 63.4 Å². The normalized spacial score (nSPS) is 28.0. The van der Waals surface area contributed by atoms with Crippen LogP contribution in [-0.2, 0) is 4.74 Å². The molecule has 0 aromatic carbocycles. The fourth-order valence-electron chi connectivity index (χ4n) is 1.65. The molecule has 1 rings (SSSR count). The van der Waals surface area contributed by atoms with Crippen LogP contribution < -0.4 is 0 Å². The first-order chi connectivity index (χ1) is 7.87. The van der Waals surface area contributed by atoms with Gasteiger partial charge >= 0.3 is 5.30 Å². The summed E-state index contributed by atoms with van der Waals surface area (Å²) in [5.74, 6) is 0. The Morgan fingerprint density at radius 1 is 1.41 bits per heavy atom. The van der Waals surface area contributed by atoms with E-state index in [1.54, 1.807) is 0 Å². The van der Waals surface area contributed by atoms with Crippen molar-refractivity contribution in [2.75, 3.05) is 0 Å². The van der Waals surface area contributed by atoms with Gasteiger partial charge in [0.1, 0.15) is 6.10 Å². The van der Waals surface area contributed by atoms with Crippen molar-refractivity contribution >= 4 is 17.1 Å². The summed E-state index contributed by atoms with van der Waals surface area (Å²) >= 11 is 1.22. The highest BCUT2D eigenvalue weighted by Crippen LogP contribution is 2.26. The molecular formula is C13H22O3S. The Balaban J connectivity index is 2.42. The summed E-state index contributed by atoms with van der Waals surface area (Å²) in [6, 6.07) is 0. The largest absolute Gasteiger partial charge is 0.450 e. The Morgan fingerprint density at radius 2 is 2.12 bits per heavy atom. The zero-order valence-corrected chi connectivity index (χ0v) is 11.6. The van der Waals surface area contributed by atoms with Gasteiger partial charge in [-0.1, -0.05) is 26.8 Å². The van der Waals surface area contributed by atoms with Gasteiger partial charge in [0.25, 0.3) is 0 Å². The highest BCUT2D eigenvalue weighted by atomic mass is 32.2. The van der Waals surface area contributed by atoms with Crippen molar-refractivity contribution in [3.8, 4) is 0 Å². The van der Waals surface area contributed by atoms with Crippen molar-refractivity contribution < 1.29 is 14.6 Å². The van der Waals surface area contributed by atoms with E-state index in [9.17, 15) is 9.90 Å². The fourth-order valence-corrected chi connectivity index (χ4v) is 2.32. The number of ether oxygens (including phenoxy) is 1. The second-order valence-corrected chi connectivity index (χ2v) is 7.13. The number of rotatable bonds is 1. The van der Waals surface area contributed by atoms with Crippen molar-refractivity contribution in [3.63, 3.8) is 0 Å². The maximum absolute atomic E-state index is 11.6. The van der Waals surface area contributed by atoms with Crippen LogP contribution in [0.1, 0.15) is 46.5 Å². The molecule has 2 unspecified atom stereocenters. The molecule has 1 aliphatic carbocycles. The van der Waals surface area contributed by atoms with E-state index >= 15 is 0 Å². The lowest BCUT2D eigenvalue weighted by Gasteiger charge is -2.21. The van der Waals surface area contributed by atoms with Crippen molar-refractivity contribution in [3.05, 3.63) is 12.2 Å². The standard InChI is InChI=1S/C13H22O3S/c1-13(2,3)17-12(15)16-11-8-4-6-10(14)7-5-9-11/h4,8,10-11,14H,5-7,9H2,1-3H3/b8-4+. The summed E-state index contributed by atoms with van der Waals surface area (Å²) < 4.78 is 5.28. The molecule has 0 fully saturated rings. The van der Waals surface area contributed by atoms with Gasteiger partial charge in [-0.25, -0.2) is 4.79 Å². The van der Waals surface area contributed by atoms with E-state index in [1.165, 1.54) is 11.8 Å². The molecule has 0 heterocycles. The molecule has 0 aromatic heterocycles. The minimum Gasteiger partial charge on any atom is -0.450 e. The molecule has 4 heteroatoms. The lowest BCUT2D eigenvalue weighted by atomic mass is 10.0. The fraction of sp³-hybridized carbons (Fsp3) is 0.769. The zero-order chi connectivity index (χ0) is 12.9. The van der Waals surface area contributed by atoms with Crippen molar-refractivity contribution in [1.82, 2.24) is 0 Å². The van der Waals surface area contributed by atoms with Gasteiger partial charge in [0.05, 0.1) is 6.10 Å². The minimum absolute atomic E-state index is 0.112. The molecule has 1 aliphatic rings. The van der Waals surface area contributed by atoms with Gasteiger partial charge in [0.15, 0.2) is 0 Å². The minimum atomic E-state index is -0.244. The lowest BCUT2D eigenvalue weighted by molar-refractivity contribution is 0.124. The molecular weight excluding hydrogens is 236 g/mol. The number of thioether (sulfide) groups is 1. The van der Waals surface area contributed by atoms with Crippen LogP contribution in [0.25, 0.3) is 0 Å². The first kappa shape index (κ1) is 14.6.